The van der Waals surface area contributed by atoms with E-state index in [9.17, 15) is 9.59 Å². The summed E-state index contributed by atoms with van der Waals surface area (Å²) in [6.45, 7) is 4.02. The zero-order valence-electron chi connectivity index (χ0n) is 22.1. The summed E-state index contributed by atoms with van der Waals surface area (Å²) in [5, 5.41) is 0. The van der Waals surface area contributed by atoms with Crippen LogP contribution < -0.4 is 14.5 Å². The Hall–Kier alpha value is -4.90. The van der Waals surface area contributed by atoms with Crippen LogP contribution in [-0.4, -0.2) is 18.9 Å². The van der Waals surface area contributed by atoms with Gasteiger partial charge in [0, 0.05) is 28.1 Å². The second kappa shape index (κ2) is 9.76. The first-order valence-electron chi connectivity index (χ1n) is 12.9. The standard InChI is InChI=1S/C34H28N2O3/c1-22-13-17-26(18-14-22)35-31(24-9-5-4-6-10-24)30-28(21-25-11-7-8-12-29(25)39-3)33(37)36(32(30)34(35)38)27-19-15-23(2)16-20-27/h4-21,31H,1-3H3/b28-21-. The predicted octanol–water partition coefficient (Wildman–Crippen LogP) is 6.78. The summed E-state index contributed by atoms with van der Waals surface area (Å²) in [6, 6.07) is 32.6. The van der Waals surface area contributed by atoms with Crippen molar-refractivity contribution < 1.29 is 14.3 Å². The number of rotatable bonds is 5. The van der Waals surface area contributed by atoms with Crippen LogP contribution in [-0.2, 0) is 9.59 Å². The van der Waals surface area contributed by atoms with E-state index in [0.29, 0.717) is 28.3 Å². The first-order chi connectivity index (χ1) is 19.0. The molecule has 0 bridgehead atoms. The highest BCUT2D eigenvalue weighted by atomic mass is 16.5. The van der Waals surface area contributed by atoms with Crippen LogP contribution in [0.25, 0.3) is 6.08 Å². The quantitative estimate of drug-likeness (QED) is 0.277. The number of aryl methyl sites for hydroxylation is 2. The first-order valence-corrected chi connectivity index (χ1v) is 12.9. The van der Waals surface area contributed by atoms with Crippen molar-refractivity contribution in [2.45, 2.75) is 19.9 Å². The Morgan fingerprint density at radius 2 is 1.28 bits per heavy atom. The van der Waals surface area contributed by atoms with Gasteiger partial charge in [0.15, 0.2) is 0 Å². The van der Waals surface area contributed by atoms with E-state index < -0.39 is 6.04 Å². The number of para-hydroxylation sites is 1. The molecule has 192 valence electrons. The van der Waals surface area contributed by atoms with Gasteiger partial charge in [-0.05, 0) is 55.8 Å². The number of amides is 2. The van der Waals surface area contributed by atoms with E-state index in [4.69, 9.17) is 4.74 Å². The van der Waals surface area contributed by atoms with E-state index in [-0.39, 0.29) is 11.8 Å². The fraction of sp³-hybridized carbons (Fsp3) is 0.118. The maximum absolute atomic E-state index is 14.4. The van der Waals surface area contributed by atoms with E-state index in [2.05, 4.69) is 0 Å². The van der Waals surface area contributed by atoms with Crippen LogP contribution in [0.4, 0.5) is 11.4 Å². The van der Waals surface area contributed by atoms with Gasteiger partial charge in [0.05, 0.1) is 13.2 Å². The Morgan fingerprint density at radius 3 is 1.92 bits per heavy atom. The van der Waals surface area contributed by atoms with Crippen molar-refractivity contribution in [1.82, 2.24) is 0 Å². The summed E-state index contributed by atoms with van der Waals surface area (Å²) in [6.07, 6.45) is 1.85. The average molecular weight is 513 g/mol. The van der Waals surface area contributed by atoms with Gasteiger partial charge in [-0.2, -0.15) is 0 Å². The largest absolute Gasteiger partial charge is 0.496 e. The van der Waals surface area contributed by atoms with Crippen molar-refractivity contribution in [3.8, 4) is 5.75 Å². The number of carbonyl (C=O) groups excluding carboxylic acids is 2. The minimum Gasteiger partial charge on any atom is -0.496 e. The lowest BCUT2D eigenvalue weighted by Crippen LogP contribution is -2.38. The Bertz CT molecular complexity index is 1630. The molecular formula is C34H28N2O3. The third kappa shape index (κ3) is 4.12. The van der Waals surface area contributed by atoms with E-state index in [0.717, 1.165) is 27.9 Å². The molecule has 0 aliphatic carbocycles. The van der Waals surface area contributed by atoms with Crippen LogP contribution >= 0.6 is 0 Å². The molecule has 0 N–H and O–H groups in total. The lowest BCUT2D eigenvalue weighted by atomic mass is 9.92. The van der Waals surface area contributed by atoms with Gasteiger partial charge in [0.2, 0.25) is 0 Å². The molecular weight excluding hydrogens is 484 g/mol. The average Bonchev–Trinajstić information content (AvgIpc) is 3.41. The molecule has 4 aromatic carbocycles. The van der Waals surface area contributed by atoms with E-state index >= 15 is 0 Å². The van der Waals surface area contributed by atoms with Gasteiger partial charge in [0.1, 0.15) is 11.4 Å². The first kappa shape index (κ1) is 24.4. The highest BCUT2D eigenvalue weighted by Crippen LogP contribution is 2.51. The fourth-order valence-electron chi connectivity index (χ4n) is 5.38. The van der Waals surface area contributed by atoms with Crippen molar-refractivity contribution in [3.63, 3.8) is 0 Å². The van der Waals surface area contributed by atoms with E-state index in [1.54, 1.807) is 12.0 Å². The van der Waals surface area contributed by atoms with Crippen LogP contribution in [0.1, 0.15) is 28.3 Å². The Morgan fingerprint density at radius 1 is 0.692 bits per heavy atom. The molecule has 5 nitrogen and oxygen atoms in total. The highest BCUT2D eigenvalue weighted by Gasteiger charge is 2.52. The minimum absolute atomic E-state index is 0.208. The maximum Gasteiger partial charge on any atom is 0.276 e. The van der Waals surface area contributed by atoms with Crippen LogP contribution in [0.5, 0.6) is 5.75 Å². The van der Waals surface area contributed by atoms with Crippen molar-refractivity contribution in [2.75, 3.05) is 16.9 Å². The fourth-order valence-corrected chi connectivity index (χ4v) is 5.38. The molecule has 39 heavy (non-hydrogen) atoms. The van der Waals surface area contributed by atoms with Crippen LogP contribution in [0.15, 0.2) is 120 Å². The zero-order valence-corrected chi connectivity index (χ0v) is 22.1. The van der Waals surface area contributed by atoms with Gasteiger partial charge in [-0.1, -0.05) is 83.9 Å². The SMILES string of the molecule is COc1ccccc1/C=C1\C(=O)N(c2ccc(C)cc2)C2=C1C(c1ccccc1)N(c1ccc(C)cc1)C2=O. The minimum atomic E-state index is -0.475. The number of anilines is 2. The summed E-state index contributed by atoms with van der Waals surface area (Å²) in [5.74, 6) is 0.220. The number of hydrogen-bond acceptors (Lipinski definition) is 3. The van der Waals surface area contributed by atoms with Gasteiger partial charge in [-0.15, -0.1) is 0 Å². The highest BCUT2D eigenvalue weighted by molar-refractivity contribution is 6.29. The number of hydrogen-bond donors (Lipinski definition) is 0. The Labute approximate surface area is 228 Å². The molecule has 5 heteroatoms. The Kier molecular flexibility index (Phi) is 6.12. The van der Waals surface area contributed by atoms with Crippen molar-refractivity contribution in [3.05, 3.63) is 142 Å². The number of methoxy groups -OCH3 is 1. The molecule has 2 aliphatic rings. The predicted molar refractivity (Wildman–Crippen MR) is 155 cm³/mol. The molecule has 1 atom stereocenters. The smallest absolute Gasteiger partial charge is 0.276 e. The Balaban J connectivity index is 1.62. The normalized spacial score (nSPS) is 17.8. The molecule has 0 saturated carbocycles. The second-order valence-electron chi connectivity index (χ2n) is 9.86. The number of nitrogens with zero attached hydrogens (tertiary/aromatic N) is 2. The molecule has 0 fully saturated rings. The molecule has 2 amide bonds. The van der Waals surface area contributed by atoms with Crippen molar-refractivity contribution in [1.29, 1.82) is 0 Å². The maximum atomic E-state index is 14.4. The monoisotopic (exact) mass is 512 g/mol. The van der Waals surface area contributed by atoms with Crippen LogP contribution in [0.2, 0.25) is 0 Å². The summed E-state index contributed by atoms with van der Waals surface area (Å²) >= 11 is 0. The molecule has 0 spiro atoms. The van der Waals surface area contributed by atoms with Gasteiger partial charge in [-0.3, -0.25) is 19.4 Å². The van der Waals surface area contributed by atoms with Crippen LogP contribution in [0, 0.1) is 13.8 Å². The molecule has 0 saturated heterocycles. The number of carbonyl (C=O) groups is 2. The molecule has 6 rings (SSSR count). The van der Waals surface area contributed by atoms with Gasteiger partial charge >= 0.3 is 0 Å². The molecule has 0 aromatic heterocycles. The molecule has 1 unspecified atom stereocenters. The number of ether oxygens (including phenoxy) is 1. The lowest BCUT2D eigenvalue weighted by Gasteiger charge is -2.30. The summed E-state index contributed by atoms with van der Waals surface area (Å²) < 4.78 is 5.60. The zero-order chi connectivity index (χ0) is 27.1. The molecule has 0 radical (unpaired) electrons. The van der Waals surface area contributed by atoms with Crippen LogP contribution in [0.3, 0.4) is 0 Å². The third-order valence-corrected chi connectivity index (χ3v) is 7.31. The van der Waals surface area contributed by atoms with Gasteiger partial charge < -0.3 is 4.74 Å². The van der Waals surface area contributed by atoms with Crippen molar-refractivity contribution in [2.24, 2.45) is 0 Å². The van der Waals surface area contributed by atoms with Gasteiger partial charge in [-0.25, -0.2) is 0 Å². The lowest BCUT2D eigenvalue weighted by molar-refractivity contribution is -0.118. The summed E-state index contributed by atoms with van der Waals surface area (Å²) in [4.78, 5) is 32.0. The summed E-state index contributed by atoms with van der Waals surface area (Å²) in [5.41, 5.74) is 6.89. The van der Waals surface area contributed by atoms with Crippen molar-refractivity contribution >= 4 is 29.3 Å². The van der Waals surface area contributed by atoms with E-state index in [1.165, 1.54) is 0 Å². The van der Waals surface area contributed by atoms with E-state index in [1.807, 2.05) is 128 Å². The summed E-state index contributed by atoms with van der Waals surface area (Å²) in [7, 11) is 1.61. The molecule has 2 aliphatic heterocycles. The topological polar surface area (TPSA) is 49.9 Å². The third-order valence-electron chi connectivity index (χ3n) is 7.31. The molecule has 4 aromatic rings. The number of benzene rings is 4. The molecule has 2 heterocycles. The second-order valence-corrected chi connectivity index (χ2v) is 9.86. The van der Waals surface area contributed by atoms with Gasteiger partial charge in [0.25, 0.3) is 11.8 Å².